The van der Waals surface area contributed by atoms with Gasteiger partial charge in [-0.25, -0.2) is 9.97 Å². The van der Waals surface area contributed by atoms with Crippen molar-refractivity contribution in [1.29, 1.82) is 0 Å². The Morgan fingerprint density at radius 3 is 1.72 bits per heavy atom. The van der Waals surface area contributed by atoms with E-state index in [9.17, 15) is 5.11 Å². The molecule has 6 heteroatoms. The first-order valence-corrected chi connectivity index (χ1v) is 10.1. The van der Waals surface area contributed by atoms with Crippen LogP contribution < -0.4 is 0 Å². The van der Waals surface area contributed by atoms with Crippen molar-refractivity contribution in [2.45, 2.75) is 0 Å². The van der Waals surface area contributed by atoms with Crippen molar-refractivity contribution in [3.63, 3.8) is 0 Å². The van der Waals surface area contributed by atoms with Gasteiger partial charge in [-0.2, -0.15) is 0 Å². The Balaban J connectivity index is 0.00000216. The van der Waals surface area contributed by atoms with Gasteiger partial charge in [-0.3, -0.25) is 0 Å². The summed E-state index contributed by atoms with van der Waals surface area (Å²) in [5, 5.41) is 9.68. The van der Waals surface area contributed by atoms with E-state index in [1.54, 1.807) is 12.1 Å². The van der Waals surface area contributed by atoms with E-state index in [4.69, 9.17) is 4.98 Å². The third-order valence-corrected chi connectivity index (χ3v) is 5.34. The van der Waals surface area contributed by atoms with Crippen LogP contribution in [0.1, 0.15) is 28.3 Å². The van der Waals surface area contributed by atoms with E-state index < -0.39 is 0 Å². The average Bonchev–Trinajstić information content (AvgIpc) is 3.54. The number of nitrogens with zero attached hydrogens (tertiary/aromatic N) is 2. The molecule has 3 aromatic heterocycles. The Hall–Kier alpha value is -3.86. The number of phenols is 1. The normalized spacial score (nSPS) is 12.3. The number of phenolic OH excluding ortho intramolecular Hbond substituents is 1. The fourth-order valence-corrected chi connectivity index (χ4v) is 3.89. The number of aromatic amines is 2. The van der Waals surface area contributed by atoms with E-state index in [2.05, 4.69) is 21.0 Å². The molecule has 0 saturated heterocycles. The van der Waals surface area contributed by atoms with Crippen LogP contribution in [0.15, 0.2) is 72.8 Å². The Morgan fingerprint density at radius 2 is 1.12 bits per heavy atom. The average molecular weight is 458 g/mol. The number of hydrogen-bond donors (Lipinski definition) is 3. The van der Waals surface area contributed by atoms with Crippen molar-refractivity contribution in [3.05, 3.63) is 101 Å². The van der Waals surface area contributed by atoms with Crippen LogP contribution in [0.25, 0.3) is 45.9 Å². The van der Waals surface area contributed by atoms with Gasteiger partial charge in [0.1, 0.15) is 5.75 Å². The molecule has 5 heterocycles. The molecule has 6 rings (SSSR count). The quantitative estimate of drug-likeness (QED) is 0.274. The number of H-pyrrole nitrogens is 2. The molecule has 0 spiro atoms. The van der Waals surface area contributed by atoms with E-state index in [0.29, 0.717) is 0 Å². The third-order valence-electron chi connectivity index (χ3n) is 5.34. The molecule has 0 fully saturated rings. The molecule has 0 aliphatic carbocycles. The molecule has 2 aliphatic heterocycles. The Labute approximate surface area is 194 Å². The second-order valence-electron chi connectivity index (χ2n) is 7.64. The Kier molecular flexibility index (Phi) is 5.02. The second-order valence-corrected chi connectivity index (χ2v) is 7.64. The molecule has 8 bridgehead atoms. The number of nitrogens with one attached hydrogen (secondary N) is 2. The molecular weight excluding hydrogens is 440 g/mol. The van der Waals surface area contributed by atoms with Gasteiger partial charge in [-0.15, -0.1) is 0 Å². The molecule has 0 atom stereocenters. The van der Waals surface area contributed by atoms with Crippen LogP contribution >= 0.6 is 0 Å². The predicted molar refractivity (Wildman–Crippen MR) is 125 cm³/mol. The van der Waals surface area contributed by atoms with Crippen LogP contribution in [0.2, 0.25) is 0 Å². The van der Waals surface area contributed by atoms with E-state index in [1.807, 2.05) is 72.8 Å². The molecule has 32 heavy (non-hydrogen) atoms. The van der Waals surface area contributed by atoms with Crippen LogP contribution in [0.5, 0.6) is 5.75 Å². The van der Waals surface area contributed by atoms with E-state index in [-0.39, 0.29) is 22.8 Å². The number of fused-ring (bicyclic) bond motifs is 8. The van der Waals surface area contributed by atoms with Crippen LogP contribution in [0.4, 0.5) is 0 Å². The van der Waals surface area contributed by atoms with Crippen molar-refractivity contribution < 1.29 is 22.2 Å². The molecule has 0 saturated carbocycles. The summed E-state index contributed by atoms with van der Waals surface area (Å²) in [6, 6.07) is 23.5. The first-order valence-electron chi connectivity index (χ1n) is 10.1. The van der Waals surface area contributed by atoms with Gasteiger partial charge >= 0.3 is 0 Å². The molecule has 2 aliphatic rings. The number of hydrogen-bond acceptors (Lipinski definition) is 3. The molecule has 0 amide bonds. The fourth-order valence-electron chi connectivity index (χ4n) is 3.89. The van der Waals surface area contributed by atoms with Gasteiger partial charge < -0.3 is 15.1 Å². The molecule has 1 aromatic carbocycles. The van der Waals surface area contributed by atoms with Crippen molar-refractivity contribution in [2.24, 2.45) is 0 Å². The smallest absolute Gasteiger partial charge is 0.115 e. The maximum atomic E-state index is 9.68. The summed E-state index contributed by atoms with van der Waals surface area (Å²) in [4.78, 5) is 16.4. The largest absolute Gasteiger partial charge is 0.508 e. The minimum Gasteiger partial charge on any atom is -0.508 e. The molecule has 0 unspecified atom stereocenters. The number of rotatable bonds is 1. The molecular formula is C26H18FeN4O. The van der Waals surface area contributed by atoms with Crippen molar-refractivity contribution >= 4 is 45.9 Å². The van der Waals surface area contributed by atoms with Gasteiger partial charge in [0, 0.05) is 44.7 Å². The summed E-state index contributed by atoms with van der Waals surface area (Å²) in [5.74, 6) is 0.245. The minimum absolute atomic E-state index is 0. The predicted octanol–water partition coefficient (Wildman–Crippen LogP) is 5.78. The van der Waals surface area contributed by atoms with Crippen LogP contribution in [0, 0.1) is 0 Å². The van der Waals surface area contributed by atoms with Gasteiger partial charge in [-0.05, 0) is 84.5 Å². The summed E-state index contributed by atoms with van der Waals surface area (Å²) in [7, 11) is 0. The number of benzene rings is 1. The zero-order chi connectivity index (χ0) is 20.8. The van der Waals surface area contributed by atoms with Gasteiger partial charge in [0.2, 0.25) is 0 Å². The monoisotopic (exact) mass is 458 g/mol. The Bertz CT molecular complexity index is 1540. The van der Waals surface area contributed by atoms with Crippen molar-refractivity contribution in [3.8, 4) is 5.75 Å². The molecule has 0 radical (unpaired) electrons. The van der Waals surface area contributed by atoms with Crippen molar-refractivity contribution in [2.75, 3.05) is 0 Å². The minimum atomic E-state index is 0. The maximum Gasteiger partial charge on any atom is 0.115 e. The maximum absolute atomic E-state index is 9.68. The molecule has 3 N–H and O–H groups in total. The van der Waals surface area contributed by atoms with E-state index in [0.717, 1.165) is 56.0 Å². The molecule has 156 valence electrons. The standard InChI is InChI=1S/C26H18N4O.Fe/c31-24-9-1-16(2-10-24)25-14-23-13-21-6-5-19(28-21)11-17-3-4-18(27-17)12-20-7-8-22(29-20)15-26(25)30-23;/h1-15,28-29,31H;. The van der Waals surface area contributed by atoms with Gasteiger partial charge in [0.15, 0.2) is 0 Å². The second kappa shape index (κ2) is 8.00. The van der Waals surface area contributed by atoms with E-state index >= 15 is 0 Å². The van der Waals surface area contributed by atoms with Gasteiger partial charge in [0.05, 0.1) is 22.8 Å². The summed E-state index contributed by atoms with van der Waals surface area (Å²) >= 11 is 0. The fraction of sp³-hybridized carbons (Fsp3) is 0. The summed E-state index contributed by atoms with van der Waals surface area (Å²) in [6.07, 6.45) is 6.09. The third kappa shape index (κ3) is 3.89. The van der Waals surface area contributed by atoms with Gasteiger partial charge in [0.25, 0.3) is 0 Å². The van der Waals surface area contributed by atoms with E-state index in [1.165, 1.54) is 0 Å². The van der Waals surface area contributed by atoms with Crippen LogP contribution in [0.3, 0.4) is 0 Å². The number of aromatic hydroxyl groups is 1. The zero-order valence-corrected chi connectivity index (χ0v) is 18.0. The Morgan fingerprint density at radius 1 is 0.594 bits per heavy atom. The number of aromatic nitrogens is 4. The first-order chi connectivity index (χ1) is 15.2. The first kappa shape index (κ1) is 20.1. The molecule has 5 nitrogen and oxygen atoms in total. The summed E-state index contributed by atoms with van der Waals surface area (Å²) in [5.41, 5.74) is 9.46. The van der Waals surface area contributed by atoms with Gasteiger partial charge in [-0.1, -0.05) is 12.1 Å². The van der Waals surface area contributed by atoms with Crippen LogP contribution in [-0.2, 0) is 17.1 Å². The SMILES string of the molecule is Oc1ccc(C2=Cc3cc4ccc(cc5nc(cc6ccc(cc2n3)[nH]6)C=C5)[nH]4)cc1.[Fe]. The topological polar surface area (TPSA) is 77.6 Å². The summed E-state index contributed by atoms with van der Waals surface area (Å²) < 4.78 is 0. The molecule has 4 aromatic rings. The zero-order valence-electron chi connectivity index (χ0n) is 16.9. The van der Waals surface area contributed by atoms with Crippen LogP contribution in [-0.4, -0.2) is 25.0 Å². The van der Waals surface area contributed by atoms with Crippen molar-refractivity contribution in [1.82, 2.24) is 19.9 Å². The summed E-state index contributed by atoms with van der Waals surface area (Å²) in [6.45, 7) is 0.